The molecule has 5 aromatic rings. The van der Waals surface area contributed by atoms with Crippen molar-refractivity contribution in [3.8, 4) is 11.1 Å². The maximum atomic E-state index is 11.5. The standard InChI is InChI=1S/C31H31BO3/c1-20-18-19-25(22-13-7-6-12-21(20)22)28-23-14-8-10-16-26(23)29(27-17-11-9-15-24(27)28)32(34)35-31(4,5)30(2,3)33/h6-19,33-34H,1-5H3. The van der Waals surface area contributed by atoms with Crippen LogP contribution in [0.25, 0.3) is 43.4 Å². The molecule has 5 rings (SSSR count). The van der Waals surface area contributed by atoms with Gasteiger partial charge in [0.1, 0.15) is 0 Å². The van der Waals surface area contributed by atoms with Gasteiger partial charge < -0.3 is 14.8 Å². The molecule has 0 atom stereocenters. The van der Waals surface area contributed by atoms with E-state index in [9.17, 15) is 10.1 Å². The van der Waals surface area contributed by atoms with Crippen LogP contribution in [0.4, 0.5) is 0 Å². The second-order valence-electron chi connectivity index (χ2n) is 10.4. The number of fused-ring (bicyclic) bond motifs is 3. The van der Waals surface area contributed by atoms with Crippen LogP contribution >= 0.6 is 0 Å². The molecule has 0 spiro atoms. The normalized spacial score (nSPS) is 12.5. The third-order valence-electron chi connectivity index (χ3n) is 7.51. The molecule has 0 aliphatic heterocycles. The van der Waals surface area contributed by atoms with Gasteiger partial charge in [-0.3, -0.25) is 0 Å². The van der Waals surface area contributed by atoms with Gasteiger partial charge in [-0.2, -0.15) is 0 Å². The molecular weight excluding hydrogens is 431 g/mol. The minimum Gasteiger partial charge on any atom is -0.423 e. The van der Waals surface area contributed by atoms with E-state index >= 15 is 0 Å². The van der Waals surface area contributed by atoms with Crippen molar-refractivity contribution in [1.29, 1.82) is 0 Å². The number of aryl methyl sites for hydroxylation is 1. The maximum Gasteiger partial charge on any atom is 0.492 e. The molecule has 0 radical (unpaired) electrons. The summed E-state index contributed by atoms with van der Waals surface area (Å²) < 4.78 is 6.14. The van der Waals surface area contributed by atoms with Crippen LogP contribution in [0.15, 0.2) is 84.9 Å². The fraction of sp³-hybridized carbons (Fsp3) is 0.226. The van der Waals surface area contributed by atoms with Crippen molar-refractivity contribution in [3.05, 3.63) is 90.5 Å². The van der Waals surface area contributed by atoms with Gasteiger partial charge >= 0.3 is 7.12 Å². The first-order valence-corrected chi connectivity index (χ1v) is 12.1. The average Bonchev–Trinajstić information content (AvgIpc) is 2.82. The van der Waals surface area contributed by atoms with Crippen molar-refractivity contribution in [1.82, 2.24) is 0 Å². The molecule has 4 heteroatoms. The molecule has 0 aliphatic rings. The second-order valence-corrected chi connectivity index (χ2v) is 10.4. The Kier molecular flexibility index (Phi) is 5.72. The first-order valence-electron chi connectivity index (χ1n) is 12.1. The van der Waals surface area contributed by atoms with E-state index in [1.54, 1.807) is 27.7 Å². The average molecular weight is 462 g/mol. The van der Waals surface area contributed by atoms with Crippen molar-refractivity contribution < 1.29 is 14.8 Å². The first-order chi connectivity index (χ1) is 16.6. The lowest BCUT2D eigenvalue weighted by molar-refractivity contribution is -0.0982. The van der Waals surface area contributed by atoms with E-state index in [0.29, 0.717) is 5.46 Å². The van der Waals surface area contributed by atoms with E-state index in [1.165, 1.54) is 16.3 Å². The Balaban J connectivity index is 1.86. The van der Waals surface area contributed by atoms with Crippen LogP contribution in [0.1, 0.15) is 33.3 Å². The zero-order valence-electron chi connectivity index (χ0n) is 21.0. The summed E-state index contributed by atoms with van der Waals surface area (Å²) in [5, 5.41) is 28.5. The SMILES string of the molecule is Cc1ccc(-c2c3ccccc3c(B(O)OC(C)(C)C(C)(C)O)c3ccccc23)c2ccccc12. The third kappa shape index (κ3) is 3.92. The molecule has 35 heavy (non-hydrogen) atoms. The second kappa shape index (κ2) is 8.49. The van der Waals surface area contributed by atoms with Crippen LogP contribution in [0.5, 0.6) is 0 Å². The van der Waals surface area contributed by atoms with Gasteiger partial charge in [-0.1, -0.05) is 84.9 Å². The summed E-state index contributed by atoms with van der Waals surface area (Å²) in [5.41, 5.74) is 2.16. The highest BCUT2D eigenvalue weighted by atomic mass is 16.5. The Morgan fingerprint density at radius 2 is 1.09 bits per heavy atom. The van der Waals surface area contributed by atoms with Gasteiger partial charge in [-0.15, -0.1) is 0 Å². The summed E-state index contributed by atoms with van der Waals surface area (Å²) >= 11 is 0. The lowest BCUT2D eigenvalue weighted by Crippen LogP contribution is -2.53. The highest BCUT2D eigenvalue weighted by molar-refractivity contribution is 6.67. The van der Waals surface area contributed by atoms with Gasteiger partial charge in [0, 0.05) is 0 Å². The van der Waals surface area contributed by atoms with Crippen molar-refractivity contribution in [3.63, 3.8) is 0 Å². The van der Waals surface area contributed by atoms with Crippen LogP contribution in [0.3, 0.4) is 0 Å². The highest BCUT2D eigenvalue weighted by Gasteiger charge is 2.40. The number of aliphatic hydroxyl groups is 1. The Morgan fingerprint density at radius 3 is 1.60 bits per heavy atom. The quantitative estimate of drug-likeness (QED) is 0.236. The van der Waals surface area contributed by atoms with E-state index in [-0.39, 0.29) is 0 Å². The summed E-state index contributed by atoms with van der Waals surface area (Å²) in [7, 11) is -1.21. The number of hydrogen-bond donors (Lipinski definition) is 2. The van der Waals surface area contributed by atoms with Gasteiger partial charge in [-0.25, -0.2) is 0 Å². The smallest absolute Gasteiger partial charge is 0.423 e. The van der Waals surface area contributed by atoms with Gasteiger partial charge in [0.2, 0.25) is 0 Å². The number of rotatable bonds is 5. The number of benzene rings is 5. The van der Waals surface area contributed by atoms with Crippen molar-refractivity contribution in [2.45, 2.75) is 45.8 Å². The molecule has 2 N–H and O–H groups in total. The van der Waals surface area contributed by atoms with Gasteiger partial charge in [-0.05, 0) is 89.1 Å². The van der Waals surface area contributed by atoms with Crippen LogP contribution in [0.2, 0.25) is 0 Å². The van der Waals surface area contributed by atoms with Crippen molar-refractivity contribution in [2.24, 2.45) is 0 Å². The van der Waals surface area contributed by atoms with E-state index in [2.05, 4.69) is 55.5 Å². The third-order valence-corrected chi connectivity index (χ3v) is 7.51. The molecule has 0 unspecified atom stereocenters. The molecular formula is C31H31BO3. The van der Waals surface area contributed by atoms with E-state index in [1.807, 2.05) is 36.4 Å². The summed E-state index contributed by atoms with van der Waals surface area (Å²) in [6, 6.07) is 29.3. The fourth-order valence-electron chi connectivity index (χ4n) is 4.87. The molecule has 0 aliphatic carbocycles. The molecule has 176 valence electrons. The Bertz CT molecular complexity index is 1510. The van der Waals surface area contributed by atoms with Crippen molar-refractivity contribution >= 4 is 44.9 Å². The monoisotopic (exact) mass is 462 g/mol. The van der Waals surface area contributed by atoms with Crippen LogP contribution in [0, 0.1) is 6.92 Å². The Morgan fingerprint density at radius 1 is 0.629 bits per heavy atom. The lowest BCUT2D eigenvalue weighted by Gasteiger charge is -2.38. The Labute approximate surface area is 207 Å². The zero-order valence-corrected chi connectivity index (χ0v) is 21.0. The van der Waals surface area contributed by atoms with Gasteiger partial charge in [0.15, 0.2) is 0 Å². The number of hydrogen-bond acceptors (Lipinski definition) is 3. The summed E-state index contributed by atoms with van der Waals surface area (Å²) in [6.07, 6.45) is 0. The van der Waals surface area contributed by atoms with Gasteiger partial charge in [0.25, 0.3) is 0 Å². The predicted octanol–water partition coefficient (Wildman–Crippen LogP) is 6.38. The van der Waals surface area contributed by atoms with E-state index in [0.717, 1.165) is 32.7 Å². The molecule has 0 saturated heterocycles. The van der Waals surface area contributed by atoms with Crippen LogP contribution in [-0.2, 0) is 4.65 Å². The van der Waals surface area contributed by atoms with E-state index < -0.39 is 18.3 Å². The minimum absolute atomic E-state index is 0.716. The molecule has 0 amide bonds. The topological polar surface area (TPSA) is 49.7 Å². The lowest BCUT2D eigenvalue weighted by atomic mass is 9.70. The van der Waals surface area contributed by atoms with Crippen LogP contribution in [-0.4, -0.2) is 28.5 Å². The first kappa shape index (κ1) is 23.6. The molecule has 0 heterocycles. The summed E-state index contributed by atoms with van der Waals surface area (Å²) in [5.74, 6) is 0. The zero-order chi connectivity index (χ0) is 25.0. The largest absolute Gasteiger partial charge is 0.492 e. The van der Waals surface area contributed by atoms with E-state index in [4.69, 9.17) is 4.65 Å². The molecule has 0 saturated carbocycles. The molecule has 3 nitrogen and oxygen atoms in total. The minimum atomic E-state index is -1.21. The van der Waals surface area contributed by atoms with Crippen LogP contribution < -0.4 is 5.46 Å². The summed E-state index contributed by atoms with van der Waals surface area (Å²) in [4.78, 5) is 0. The fourth-order valence-corrected chi connectivity index (χ4v) is 4.87. The van der Waals surface area contributed by atoms with Crippen molar-refractivity contribution in [2.75, 3.05) is 0 Å². The molecule has 0 aromatic heterocycles. The Hall–Kier alpha value is -3.18. The maximum absolute atomic E-state index is 11.5. The van der Waals surface area contributed by atoms with Gasteiger partial charge in [0.05, 0.1) is 11.2 Å². The molecule has 0 fully saturated rings. The highest BCUT2D eigenvalue weighted by Crippen LogP contribution is 2.40. The summed E-state index contributed by atoms with van der Waals surface area (Å²) in [6.45, 7) is 9.13. The molecule has 5 aromatic carbocycles. The molecule has 0 bridgehead atoms. The predicted molar refractivity (Wildman–Crippen MR) is 148 cm³/mol.